The molecule has 0 saturated heterocycles. The summed E-state index contributed by atoms with van der Waals surface area (Å²) in [5.41, 5.74) is 0.328. The molecule has 0 radical (unpaired) electrons. The molecule has 3 aromatic rings. The molecule has 0 unspecified atom stereocenters. The van der Waals surface area contributed by atoms with Crippen molar-refractivity contribution >= 4 is 50.6 Å². The zero-order valence-corrected chi connectivity index (χ0v) is 14.1. The molecule has 24 heavy (non-hydrogen) atoms. The summed E-state index contributed by atoms with van der Waals surface area (Å²) in [5, 5.41) is 16.7. The summed E-state index contributed by atoms with van der Waals surface area (Å²) in [6, 6.07) is 7.78. The van der Waals surface area contributed by atoms with Gasteiger partial charge in [-0.3, -0.25) is 14.9 Å². The number of amides is 1. The van der Waals surface area contributed by atoms with Crippen molar-refractivity contribution in [2.24, 2.45) is 0 Å². The fraction of sp³-hybridized carbons (Fsp3) is 0.133. The topological polar surface area (TPSA) is 98.0 Å². The maximum absolute atomic E-state index is 12.3. The quantitative estimate of drug-likeness (QED) is 0.322. The number of hydrogen-bond acceptors (Lipinski definition) is 7. The van der Waals surface area contributed by atoms with Crippen molar-refractivity contribution in [3.8, 4) is 0 Å². The van der Waals surface area contributed by atoms with E-state index in [4.69, 9.17) is 0 Å². The van der Waals surface area contributed by atoms with Crippen molar-refractivity contribution < 1.29 is 9.72 Å². The van der Waals surface area contributed by atoms with E-state index >= 15 is 0 Å². The zero-order valence-electron chi connectivity index (χ0n) is 12.5. The average molecular weight is 360 g/mol. The maximum atomic E-state index is 12.3. The number of benzene rings is 1. The molecule has 0 aliphatic carbocycles. The van der Waals surface area contributed by atoms with Crippen molar-refractivity contribution in [3.63, 3.8) is 0 Å². The maximum Gasteiger partial charge on any atom is 0.271 e. The van der Waals surface area contributed by atoms with E-state index in [1.54, 1.807) is 13.0 Å². The van der Waals surface area contributed by atoms with Crippen molar-refractivity contribution in [1.29, 1.82) is 0 Å². The molecule has 7 nitrogen and oxygen atoms in total. The van der Waals surface area contributed by atoms with Gasteiger partial charge in [0.15, 0.2) is 0 Å². The molecule has 2 aromatic heterocycles. The Bertz CT molecular complexity index is 912. The highest BCUT2D eigenvalue weighted by molar-refractivity contribution is 8.00. The minimum atomic E-state index is -0.498. The van der Waals surface area contributed by atoms with Gasteiger partial charge in [0.2, 0.25) is 5.91 Å². The van der Waals surface area contributed by atoms with Crippen molar-refractivity contribution in [2.45, 2.75) is 17.2 Å². The van der Waals surface area contributed by atoms with Gasteiger partial charge in [0.05, 0.1) is 10.2 Å². The first-order valence-electron chi connectivity index (χ1n) is 6.95. The Morgan fingerprint density at radius 1 is 1.38 bits per heavy atom. The first-order chi connectivity index (χ1) is 11.5. The molecule has 1 atom stereocenters. The van der Waals surface area contributed by atoms with Crippen LogP contribution in [0.3, 0.4) is 0 Å². The van der Waals surface area contributed by atoms with Gasteiger partial charge in [-0.25, -0.2) is 9.97 Å². The molecule has 0 fully saturated rings. The van der Waals surface area contributed by atoms with Crippen LogP contribution in [-0.4, -0.2) is 26.0 Å². The first kappa shape index (κ1) is 16.3. The van der Waals surface area contributed by atoms with Gasteiger partial charge in [0.25, 0.3) is 5.69 Å². The Labute approximate surface area is 145 Å². The Morgan fingerprint density at radius 2 is 2.21 bits per heavy atom. The monoisotopic (exact) mass is 360 g/mol. The second-order valence-corrected chi connectivity index (χ2v) is 7.10. The Balaban J connectivity index is 1.72. The third-order valence-corrected chi connectivity index (χ3v) is 5.14. The smallest absolute Gasteiger partial charge is 0.271 e. The number of carbonyl (C=O) groups is 1. The van der Waals surface area contributed by atoms with Crippen LogP contribution in [0.25, 0.3) is 10.2 Å². The number of thioether (sulfide) groups is 1. The molecule has 9 heteroatoms. The van der Waals surface area contributed by atoms with E-state index in [1.165, 1.54) is 47.6 Å². The van der Waals surface area contributed by atoms with Crippen molar-refractivity contribution in [2.75, 3.05) is 5.32 Å². The molecule has 0 saturated carbocycles. The molecule has 1 N–H and O–H groups in total. The molecule has 0 spiro atoms. The number of non-ortho nitro benzene ring substituents is 1. The Hall–Kier alpha value is -2.52. The summed E-state index contributed by atoms with van der Waals surface area (Å²) in [7, 11) is 0. The summed E-state index contributed by atoms with van der Waals surface area (Å²) >= 11 is 2.84. The van der Waals surface area contributed by atoms with E-state index in [2.05, 4.69) is 15.3 Å². The minimum absolute atomic E-state index is 0.0658. The molecule has 2 heterocycles. The SMILES string of the molecule is C[C@@H](Sc1ncnc2sccc12)C(=O)Nc1cccc([N+](=O)[O-])c1. The summed E-state index contributed by atoms with van der Waals surface area (Å²) in [6.45, 7) is 1.76. The second kappa shape index (κ2) is 6.93. The number of nitrogens with zero attached hydrogens (tertiary/aromatic N) is 3. The van der Waals surface area contributed by atoms with Crippen LogP contribution in [0.1, 0.15) is 6.92 Å². The molecule has 1 amide bonds. The first-order valence-corrected chi connectivity index (χ1v) is 8.70. The highest BCUT2D eigenvalue weighted by atomic mass is 32.2. The number of thiophene rings is 1. The summed E-state index contributed by atoms with van der Waals surface area (Å²) < 4.78 is 0. The van der Waals surface area contributed by atoms with Crippen LogP contribution in [-0.2, 0) is 4.79 Å². The minimum Gasteiger partial charge on any atom is -0.325 e. The zero-order chi connectivity index (χ0) is 17.1. The van der Waals surface area contributed by atoms with Gasteiger partial charge in [-0.05, 0) is 24.4 Å². The molecular formula is C15H12N4O3S2. The molecule has 1 aromatic carbocycles. The van der Waals surface area contributed by atoms with Crippen molar-refractivity contribution in [3.05, 3.63) is 52.2 Å². The lowest BCUT2D eigenvalue weighted by atomic mass is 10.2. The number of carbonyl (C=O) groups excluding carboxylic acids is 1. The molecule has 122 valence electrons. The van der Waals surface area contributed by atoms with Crippen LogP contribution >= 0.6 is 23.1 Å². The van der Waals surface area contributed by atoms with Crippen LogP contribution < -0.4 is 5.32 Å². The van der Waals surface area contributed by atoms with Crippen LogP contribution in [0.5, 0.6) is 0 Å². The fourth-order valence-corrected chi connectivity index (χ4v) is 3.72. The van der Waals surface area contributed by atoms with Gasteiger partial charge in [0, 0.05) is 23.2 Å². The van der Waals surface area contributed by atoms with Gasteiger partial charge in [-0.1, -0.05) is 17.8 Å². The Kier molecular flexibility index (Phi) is 4.72. The number of aromatic nitrogens is 2. The number of nitro benzene ring substituents is 1. The second-order valence-electron chi connectivity index (χ2n) is 4.88. The molecule has 0 aliphatic rings. The number of nitro groups is 1. The van der Waals surface area contributed by atoms with Gasteiger partial charge < -0.3 is 5.32 Å². The van der Waals surface area contributed by atoms with Gasteiger partial charge in [-0.2, -0.15) is 0 Å². The van der Waals surface area contributed by atoms with E-state index in [-0.39, 0.29) is 11.6 Å². The van der Waals surface area contributed by atoms with E-state index in [9.17, 15) is 14.9 Å². The van der Waals surface area contributed by atoms with E-state index in [0.29, 0.717) is 5.69 Å². The molecule has 0 aliphatic heterocycles. The lowest BCUT2D eigenvalue weighted by Crippen LogP contribution is -2.22. The molecule has 0 bridgehead atoms. The van der Waals surface area contributed by atoms with E-state index in [0.717, 1.165) is 15.2 Å². The lowest BCUT2D eigenvalue weighted by Gasteiger charge is -2.11. The highest BCUT2D eigenvalue weighted by Gasteiger charge is 2.18. The van der Waals surface area contributed by atoms with Gasteiger partial charge in [-0.15, -0.1) is 11.3 Å². The van der Waals surface area contributed by atoms with Crippen LogP contribution in [0, 0.1) is 10.1 Å². The molecule has 3 rings (SSSR count). The Morgan fingerprint density at radius 3 is 3.00 bits per heavy atom. The molecular weight excluding hydrogens is 348 g/mol. The van der Waals surface area contributed by atoms with E-state index in [1.807, 2.05) is 11.4 Å². The van der Waals surface area contributed by atoms with Crippen molar-refractivity contribution in [1.82, 2.24) is 9.97 Å². The van der Waals surface area contributed by atoms with Gasteiger partial charge >= 0.3 is 0 Å². The van der Waals surface area contributed by atoms with Gasteiger partial charge in [0.1, 0.15) is 16.2 Å². The largest absolute Gasteiger partial charge is 0.325 e. The normalized spacial score (nSPS) is 12.0. The van der Waals surface area contributed by atoms with Crippen LogP contribution in [0.4, 0.5) is 11.4 Å². The predicted molar refractivity (Wildman–Crippen MR) is 94.5 cm³/mol. The third kappa shape index (κ3) is 3.52. The van der Waals surface area contributed by atoms with Crippen LogP contribution in [0.2, 0.25) is 0 Å². The third-order valence-electron chi connectivity index (χ3n) is 3.21. The standard InChI is InChI=1S/C15H12N4O3S2/c1-9(24-15-12-5-6-23-14(12)16-8-17-15)13(20)18-10-3-2-4-11(7-10)19(21)22/h2-9H,1H3,(H,18,20)/t9-/m1/s1. The summed E-state index contributed by atoms with van der Waals surface area (Å²) in [4.78, 5) is 31.9. The van der Waals surface area contributed by atoms with Crippen LogP contribution in [0.15, 0.2) is 47.1 Å². The summed E-state index contributed by atoms with van der Waals surface area (Å²) in [6.07, 6.45) is 1.48. The number of nitrogens with one attached hydrogen (secondary N) is 1. The predicted octanol–water partition coefficient (Wildman–Crippen LogP) is 3.72. The van der Waals surface area contributed by atoms with E-state index < -0.39 is 10.2 Å². The fourth-order valence-electron chi connectivity index (χ4n) is 2.02. The lowest BCUT2D eigenvalue weighted by molar-refractivity contribution is -0.384. The number of fused-ring (bicyclic) bond motifs is 1. The number of anilines is 1. The number of hydrogen-bond donors (Lipinski definition) is 1. The summed E-state index contributed by atoms with van der Waals surface area (Å²) in [5.74, 6) is -0.248. The average Bonchev–Trinajstić information content (AvgIpc) is 3.04. The highest BCUT2D eigenvalue weighted by Crippen LogP contribution is 2.30. The number of rotatable bonds is 5.